The van der Waals surface area contributed by atoms with Crippen molar-refractivity contribution >= 4 is 27.5 Å². The summed E-state index contributed by atoms with van der Waals surface area (Å²) < 4.78 is 0.784. The zero-order valence-corrected chi connectivity index (χ0v) is 14.1. The van der Waals surface area contributed by atoms with Crippen LogP contribution in [0.5, 0.6) is 0 Å². The predicted octanol–water partition coefficient (Wildman–Crippen LogP) is 3.20. The summed E-state index contributed by atoms with van der Waals surface area (Å²) in [6.45, 7) is 3.24. The van der Waals surface area contributed by atoms with E-state index in [2.05, 4.69) is 26.6 Å². The zero-order valence-electron chi connectivity index (χ0n) is 12.5. The van der Waals surface area contributed by atoms with Crippen molar-refractivity contribution in [3.8, 4) is 0 Å². The molecule has 0 heterocycles. The molecule has 1 saturated carbocycles. The van der Waals surface area contributed by atoms with Crippen LogP contribution in [0.2, 0.25) is 0 Å². The first-order chi connectivity index (χ1) is 10.1. The average molecular weight is 354 g/mol. The second-order valence-electron chi connectivity index (χ2n) is 5.61. The van der Waals surface area contributed by atoms with Gasteiger partial charge in [0, 0.05) is 29.2 Å². The maximum Gasteiger partial charge on any atom is 0.251 e. The quantitative estimate of drug-likeness (QED) is 0.712. The monoisotopic (exact) mass is 353 g/mol. The largest absolute Gasteiger partial charge is 0.398 e. The van der Waals surface area contributed by atoms with Gasteiger partial charge in [0.25, 0.3) is 5.91 Å². The first-order valence-corrected chi connectivity index (χ1v) is 8.50. The molecular formula is C16H24BrN3O. The number of anilines is 1. The molecule has 0 radical (unpaired) electrons. The van der Waals surface area contributed by atoms with Crippen molar-refractivity contribution < 1.29 is 4.79 Å². The van der Waals surface area contributed by atoms with E-state index in [1.165, 1.54) is 32.1 Å². The molecule has 5 heteroatoms. The molecule has 1 aromatic rings. The number of halogens is 1. The third-order valence-corrected chi connectivity index (χ3v) is 4.66. The molecule has 2 rings (SSSR count). The number of nitrogens with one attached hydrogen (secondary N) is 2. The number of hydrogen-bond acceptors (Lipinski definition) is 3. The molecule has 4 N–H and O–H groups in total. The molecule has 0 saturated heterocycles. The lowest BCUT2D eigenvalue weighted by atomic mass is 9.95. The Morgan fingerprint density at radius 3 is 2.71 bits per heavy atom. The second kappa shape index (κ2) is 7.80. The highest BCUT2D eigenvalue weighted by Gasteiger charge is 2.15. The molecule has 1 aromatic carbocycles. The number of nitrogens with two attached hydrogens (primary N) is 1. The minimum Gasteiger partial charge on any atom is -0.398 e. The van der Waals surface area contributed by atoms with Gasteiger partial charge in [-0.1, -0.05) is 19.3 Å². The highest BCUT2D eigenvalue weighted by molar-refractivity contribution is 9.10. The number of rotatable bonds is 5. The predicted molar refractivity (Wildman–Crippen MR) is 90.3 cm³/mol. The van der Waals surface area contributed by atoms with Crippen molar-refractivity contribution in [2.75, 3.05) is 12.3 Å². The fourth-order valence-electron chi connectivity index (χ4n) is 2.78. The van der Waals surface area contributed by atoms with Crippen LogP contribution in [0.3, 0.4) is 0 Å². The smallest absolute Gasteiger partial charge is 0.251 e. The minimum atomic E-state index is -0.0582. The molecule has 1 fully saturated rings. The molecule has 0 atom stereocenters. The zero-order chi connectivity index (χ0) is 15.2. The number of nitrogen functional groups attached to an aromatic ring is 1. The number of hydrogen-bond donors (Lipinski definition) is 3. The van der Waals surface area contributed by atoms with Gasteiger partial charge in [0.1, 0.15) is 0 Å². The molecule has 1 aliphatic rings. The van der Waals surface area contributed by atoms with E-state index in [9.17, 15) is 4.79 Å². The maximum absolute atomic E-state index is 12.0. The summed E-state index contributed by atoms with van der Waals surface area (Å²) >= 11 is 3.45. The van der Waals surface area contributed by atoms with Crippen LogP contribution in [0.1, 0.15) is 54.9 Å². The van der Waals surface area contributed by atoms with E-state index in [-0.39, 0.29) is 5.91 Å². The Kier molecular flexibility index (Phi) is 6.06. The van der Waals surface area contributed by atoms with Crippen LogP contribution in [0, 0.1) is 0 Å². The van der Waals surface area contributed by atoms with Crippen molar-refractivity contribution in [3.05, 3.63) is 27.7 Å². The Bertz CT molecular complexity index is 499. The lowest BCUT2D eigenvalue weighted by Gasteiger charge is -2.23. The third kappa shape index (κ3) is 4.45. The number of carbonyl (C=O) groups is 1. The molecule has 0 aromatic heterocycles. The van der Waals surface area contributed by atoms with E-state index in [0.29, 0.717) is 30.4 Å². The van der Waals surface area contributed by atoms with Crippen LogP contribution in [0.4, 0.5) is 5.69 Å². The van der Waals surface area contributed by atoms with Gasteiger partial charge < -0.3 is 16.4 Å². The lowest BCUT2D eigenvalue weighted by molar-refractivity contribution is 0.0955. The third-order valence-electron chi connectivity index (χ3n) is 4.00. The molecule has 1 aliphatic carbocycles. The molecule has 0 aliphatic heterocycles. The summed E-state index contributed by atoms with van der Waals surface area (Å²) in [5.74, 6) is -0.0582. The van der Waals surface area contributed by atoms with Crippen LogP contribution in [-0.4, -0.2) is 18.5 Å². The van der Waals surface area contributed by atoms with E-state index in [1.54, 1.807) is 6.07 Å². The lowest BCUT2D eigenvalue weighted by Crippen LogP contribution is -2.31. The molecule has 21 heavy (non-hydrogen) atoms. The highest BCUT2D eigenvalue weighted by Crippen LogP contribution is 2.26. The van der Waals surface area contributed by atoms with Crippen LogP contribution < -0.4 is 16.4 Å². The molecule has 116 valence electrons. The molecule has 0 unspecified atom stereocenters. The number of amides is 1. The first kappa shape index (κ1) is 16.3. The van der Waals surface area contributed by atoms with Crippen LogP contribution in [0.25, 0.3) is 0 Å². The van der Waals surface area contributed by atoms with Crippen molar-refractivity contribution in [1.29, 1.82) is 0 Å². The summed E-state index contributed by atoms with van der Waals surface area (Å²) in [7, 11) is 0. The van der Waals surface area contributed by atoms with Crippen LogP contribution in [0.15, 0.2) is 16.6 Å². The van der Waals surface area contributed by atoms with Crippen molar-refractivity contribution in [2.24, 2.45) is 0 Å². The van der Waals surface area contributed by atoms with Gasteiger partial charge in [-0.15, -0.1) is 0 Å². The Balaban J connectivity index is 2.08. The summed E-state index contributed by atoms with van der Waals surface area (Å²) in [4.78, 5) is 12.0. The standard InChI is InChI=1S/C16H24BrN3O/c1-2-19-16(21)11-8-12(15(18)14(17)9-11)10-20-13-6-4-3-5-7-13/h8-9,13,20H,2-7,10,18H2,1H3,(H,19,21). The van der Waals surface area contributed by atoms with Gasteiger partial charge in [-0.05, 0) is 53.4 Å². The molecular weight excluding hydrogens is 330 g/mol. The van der Waals surface area contributed by atoms with Gasteiger partial charge >= 0.3 is 0 Å². The topological polar surface area (TPSA) is 67.2 Å². The van der Waals surface area contributed by atoms with Crippen LogP contribution >= 0.6 is 15.9 Å². The summed E-state index contributed by atoms with van der Waals surface area (Å²) in [5, 5.41) is 6.39. The molecule has 4 nitrogen and oxygen atoms in total. The molecule has 0 bridgehead atoms. The van der Waals surface area contributed by atoms with Crippen molar-refractivity contribution in [3.63, 3.8) is 0 Å². The minimum absolute atomic E-state index is 0.0582. The SMILES string of the molecule is CCNC(=O)c1cc(Br)c(N)c(CNC2CCCCC2)c1. The van der Waals surface area contributed by atoms with E-state index in [0.717, 1.165) is 10.0 Å². The van der Waals surface area contributed by atoms with Crippen molar-refractivity contribution in [1.82, 2.24) is 10.6 Å². The molecule has 1 amide bonds. The summed E-state index contributed by atoms with van der Waals surface area (Å²) in [5.41, 5.74) is 8.47. The second-order valence-corrected chi connectivity index (χ2v) is 6.46. The molecule has 0 spiro atoms. The summed E-state index contributed by atoms with van der Waals surface area (Å²) in [6, 6.07) is 4.25. The number of carbonyl (C=O) groups excluding carboxylic acids is 1. The Hall–Kier alpha value is -1.07. The van der Waals surface area contributed by atoms with Gasteiger partial charge in [0.15, 0.2) is 0 Å². The van der Waals surface area contributed by atoms with E-state index < -0.39 is 0 Å². The fraction of sp³-hybridized carbons (Fsp3) is 0.562. The normalized spacial score (nSPS) is 15.9. The number of benzene rings is 1. The highest BCUT2D eigenvalue weighted by atomic mass is 79.9. The fourth-order valence-corrected chi connectivity index (χ4v) is 3.28. The van der Waals surface area contributed by atoms with E-state index >= 15 is 0 Å². The maximum atomic E-state index is 12.0. The first-order valence-electron chi connectivity index (χ1n) is 7.71. The average Bonchev–Trinajstić information content (AvgIpc) is 2.50. The van der Waals surface area contributed by atoms with Crippen molar-refractivity contribution in [2.45, 2.75) is 51.6 Å². The summed E-state index contributed by atoms with van der Waals surface area (Å²) in [6.07, 6.45) is 6.41. The van der Waals surface area contributed by atoms with E-state index in [4.69, 9.17) is 5.73 Å². The Morgan fingerprint density at radius 1 is 1.33 bits per heavy atom. The van der Waals surface area contributed by atoms with Gasteiger partial charge in [0.2, 0.25) is 0 Å². The van der Waals surface area contributed by atoms with Crippen LogP contribution in [-0.2, 0) is 6.54 Å². The van der Waals surface area contributed by atoms with E-state index in [1.807, 2.05) is 13.0 Å². The Morgan fingerprint density at radius 2 is 2.05 bits per heavy atom. The van der Waals surface area contributed by atoms with Gasteiger partial charge in [-0.3, -0.25) is 4.79 Å². The van der Waals surface area contributed by atoms with Gasteiger partial charge in [-0.2, -0.15) is 0 Å². The van der Waals surface area contributed by atoms with Gasteiger partial charge in [0.05, 0.1) is 5.69 Å². The Labute approximate surface area is 135 Å². The van der Waals surface area contributed by atoms with Gasteiger partial charge in [-0.25, -0.2) is 0 Å².